The first-order valence-corrected chi connectivity index (χ1v) is 14.2. The Hall–Kier alpha value is -2.43. The molecule has 0 radical (unpaired) electrons. The molecule has 0 aliphatic heterocycles. The quantitative estimate of drug-likeness (QED) is 0.233. The summed E-state index contributed by atoms with van der Waals surface area (Å²) in [5.74, 6) is 1.36. The van der Waals surface area contributed by atoms with E-state index in [0.717, 1.165) is 60.0 Å². The number of aryl methyl sites for hydroxylation is 3. The number of benzene rings is 1. The number of hydrogen-bond acceptors (Lipinski definition) is 6. The molecule has 8 nitrogen and oxygen atoms in total. The SMILES string of the molecule is CCCCNS(=O)(=O)c1ccc2c(c1)nc(SCc1cn3c(C)cc(C)nc3n1)n2CCCC. The highest BCUT2D eigenvalue weighted by Gasteiger charge is 2.18. The van der Waals surface area contributed by atoms with Crippen LogP contribution in [-0.4, -0.2) is 38.9 Å². The fourth-order valence-corrected chi connectivity index (χ4v) is 5.91. The molecule has 0 amide bonds. The van der Waals surface area contributed by atoms with Crippen LogP contribution in [0.2, 0.25) is 0 Å². The Labute approximate surface area is 205 Å². The van der Waals surface area contributed by atoms with Gasteiger partial charge in [-0.25, -0.2) is 28.1 Å². The zero-order valence-electron chi connectivity index (χ0n) is 20.2. The van der Waals surface area contributed by atoms with Crippen LogP contribution in [0.4, 0.5) is 0 Å². The number of imidazole rings is 2. The number of nitrogens with zero attached hydrogens (tertiary/aromatic N) is 5. The summed E-state index contributed by atoms with van der Waals surface area (Å²) in [5, 5.41) is 0.870. The van der Waals surface area contributed by atoms with E-state index in [-0.39, 0.29) is 4.90 Å². The summed E-state index contributed by atoms with van der Waals surface area (Å²) in [5.41, 5.74) is 4.63. The molecule has 34 heavy (non-hydrogen) atoms. The van der Waals surface area contributed by atoms with Crippen molar-refractivity contribution in [1.29, 1.82) is 0 Å². The second kappa shape index (κ2) is 10.5. The third-order valence-corrected chi connectivity index (χ3v) is 8.18. The summed E-state index contributed by atoms with van der Waals surface area (Å²) in [6, 6.07) is 7.26. The van der Waals surface area contributed by atoms with E-state index in [0.29, 0.717) is 23.6 Å². The Morgan fingerprint density at radius 1 is 1.03 bits per heavy atom. The third kappa shape index (κ3) is 5.29. The van der Waals surface area contributed by atoms with Crippen molar-refractivity contribution in [2.45, 2.75) is 75.7 Å². The molecule has 0 atom stereocenters. The first-order valence-electron chi connectivity index (χ1n) is 11.8. The van der Waals surface area contributed by atoms with Gasteiger partial charge in [-0.05, 0) is 51.0 Å². The summed E-state index contributed by atoms with van der Waals surface area (Å²) in [6.07, 6.45) is 5.86. The number of thioether (sulfide) groups is 1. The zero-order valence-corrected chi connectivity index (χ0v) is 21.8. The van der Waals surface area contributed by atoms with Crippen molar-refractivity contribution in [2.24, 2.45) is 0 Å². The topological polar surface area (TPSA) is 94.2 Å². The molecule has 3 aromatic heterocycles. The van der Waals surface area contributed by atoms with E-state index in [9.17, 15) is 8.42 Å². The molecule has 0 saturated heterocycles. The molecule has 1 aromatic carbocycles. The van der Waals surface area contributed by atoms with Crippen LogP contribution in [0.25, 0.3) is 16.8 Å². The normalized spacial score (nSPS) is 12.2. The van der Waals surface area contributed by atoms with Crippen LogP contribution >= 0.6 is 11.8 Å². The molecular weight excluding hydrogens is 468 g/mol. The Morgan fingerprint density at radius 2 is 1.82 bits per heavy atom. The van der Waals surface area contributed by atoms with Gasteiger partial charge in [0.15, 0.2) is 5.16 Å². The predicted molar refractivity (Wildman–Crippen MR) is 137 cm³/mol. The average Bonchev–Trinajstić information content (AvgIpc) is 3.36. The monoisotopic (exact) mass is 500 g/mol. The summed E-state index contributed by atoms with van der Waals surface area (Å²) in [7, 11) is -3.55. The zero-order chi connectivity index (χ0) is 24.3. The molecule has 0 bridgehead atoms. The van der Waals surface area contributed by atoms with Crippen molar-refractivity contribution in [2.75, 3.05) is 6.54 Å². The maximum Gasteiger partial charge on any atom is 0.240 e. The fraction of sp³-hybridized carbons (Fsp3) is 0.458. The van der Waals surface area contributed by atoms with E-state index in [2.05, 4.69) is 26.2 Å². The maximum atomic E-state index is 12.7. The highest BCUT2D eigenvalue weighted by Crippen LogP contribution is 2.29. The molecule has 3 heterocycles. The lowest BCUT2D eigenvalue weighted by Gasteiger charge is -2.08. The van der Waals surface area contributed by atoms with Gasteiger partial charge in [0, 0.05) is 36.4 Å². The molecule has 0 unspecified atom stereocenters. The van der Waals surface area contributed by atoms with Crippen molar-refractivity contribution in [3.05, 3.63) is 47.5 Å². The van der Waals surface area contributed by atoms with Crippen LogP contribution in [0, 0.1) is 13.8 Å². The highest BCUT2D eigenvalue weighted by molar-refractivity contribution is 7.98. The molecule has 0 aliphatic carbocycles. The molecule has 0 fully saturated rings. The number of hydrogen-bond donors (Lipinski definition) is 1. The van der Waals surface area contributed by atoms with Crippen LogP contribution < -0.4 is 4.72 Å². The Kier molecular flexibility index (Phi) is 7.59. The van der Waals surface area contributed by atoms with Crippen molar-refractivity contribution in [3.63, 3.8) is 0 Å². The van der Waals surface area contributed by atoms with E-state index in [1.54, 1.807) is 23.9 Å². The van der Waals surface area contributed by atoms with Gasteiger partial charge in [-0.1, -0.05) is 38.5 Å². The summed E-state index contributed by atoms with van der Waals surface area (Å²) in [4.78, 5) is 14.3. The van der Waals surface area contributed by atoms with Gasteiger partial charge in [0.2, 0.25) is 15.8 Å². The van der Waals surface area contributed by atoms with Crippen molar-refractivity contribution >= 4 is 38.6 Å². The number of sulfonamides is 1. The third-order valence-electron chi connectivity index (χ3n) is 5.71. The van der Waals surface area contributed by atoms with Crippen LogP contribution in [0.3, 0.4) is 0 Å². The molecule has 0 spiro atoms. The van der Waals surface area contributed by atoms with E-state index in [4.69, 9.17) is 4.98 Å². The number of fused-ring (bicyclic) bond motifs is 2. The second-order valence-electron chi connectivity index (χ2n) is 8.53. The second-order valence-corrected chi connectivity index (χ2v) is 11.2. The molecule has 4 rings (SSSR count). The lowest BCUT2D eigenvalue weighted by molar-refractivity contribution is 0.578. The van der Waals surface area contributed by atoms with Gasteiger partial charge in [0.1, 0.15) is 0 Å². The van der Waals surface area contributed by atoms with Gasteiger partial charge >= 0.3 is 0 Å². The van der Waals surface area contributed by atoms with Crippen LogP contribution in [-0.2, 0) is 22.3 Å². The van der Waals surface area contributed by atoms with Gasteiger partial charge < -0.3 is 4.57 Å². The molecule has 182 valence electrons. The van der Waals surface area contributed by atoms with Crippen LogP contribution in [0.15, 0.2) is 40.5 Å². The van der Waals surface area contributed by atoms with E-state index >= 15 is 0 Å². The van der Waals surface area contributed by atoms with Gasteiger partial charge in [-0.2, -0.15) is 0 Å². The first-order chi connectivity index (χ1) is 16.3. The molecule has 0 aliphatic rings. The van der Waals surface area contributed by atoms with Gasteiger partial charge in [-0.3, -0.25) is 4.40 Å². The first kappa shape index (κ1) is 24.7. The number of rotatable bonds is 11. The summed E-state index contributed by atoms with van der Waals surface area (Å²) >= 11 is 1.61. The molecule has 0 saturated carbocycles. The Balaban J connectivity index is 1.62. The van der Waals surface area contributed by atoms with Crippen molar-refractivity contribution in [1.82, 2.24) is 28.6 Å². The highest BCUT2D eigenvalue weighted by atomic mass is 32.2. The standard InChI is InChI=1S/C24H32N6O2S2/c1-5-7-11-25-34(31,32)20-9-10-22-21(14-20)28-24(29(22)12-8-6-2)33-16-19-15-30-18(4)13-17(3)26-23(30)27-19/h9-10,13-15,25H,5-8,11-12,16H2,1-4H3. The minimum atomic E-state index is -3.55. The van der Waals surface area contributed by atoms with Crippen molar-refractivity contribution < 1.29 is 8.42 Å². The number of nitrogens with one attached hydrogen (secondary N) is 1. The van der Waals surface area contributed by atoms with Gasteiger partial charge in [-0.15, -0.1) is 0 Å². The fourth-order valence-electron chi connectivity index (χ4n) is 3.89. The van der Waals surface area contributed by atoms with E-state index in [1.165, 1.54) is 0 Å². The summed E-state index contributed by atoms with van der Waals surface area (Å²) < 4.78 is 32.3. The average molecular weight is 501 g/mol. The van der Waals surface area contributed by atoms with Gasteiger partial charge in [0.25, 0.3) is 0 Å². The van der Waals surface area contributed by atoms with E-state index < -0.39 is 10.0 Å². The van der Waals surface area contributed by atoms with Crippen LogP contribution in [0.5, 0.6) is 0 Å². The maximum absolute atomic E-state index is 12.7. The molecule has 1 N–H and O–H groups in total. The lowest BCUT2D eigenvalue weighted by atomic mass is 10.3. The minimum absolute atomic E-state index is 0.255. The lowest BCUT2D eigenvalue weighted by Crippen LogP contribution is -2.24. The van der Waals surface area contributed by atoms with E-state index in [1.807, 2.05) is 43.5 Å². The Bertz CT molecular complexity index is 1410. The van der Waals surface area contributed by atoms with Crippen LogP contribution in [0.1, 0.15) is 56.6 Å². The Morgan fingerprint density at radius 3 is 2.59 bits per heavy atom. The number of unbranched alkanes of at least 4 members (excludes halogenated alkanes) is 2. The molecular formula is C24H32N6O2S2. The van der Waals surface area contributed by atoms with Gasteiger partial charge in [0.05, 0.1) is 21.6 Å². The van der Waals surface area contributed by atoms with Crippen molar-refractivity contribution in [3.8, 4) is 0 Å². The number of aromatic nitrogens is 5. The largest absolute Gasteiger partial charge is 0.319 e. The smallest absolute Gasteiger partial charge is 0.240 e. The molecule has 4 aromatic rings. The summed E-state index contributed by atoms with van der Waals surface area (Å²) in [6.45, 7) is 9.49. The minimum Gasteiger partial charge on any atom is -0.319 e. The molecule has 10 heteroatoms. The predicted octanol–water partition coefficient (Wildman–Crippen LogP) is 4.87.